The Morgan fingerprint density at radius 1 is 1.11 bits per heavy atom. The lowest BCUT2D eigenvalue weighted by molar-refractivity contribution is -0.384. The summed E-state index contributed by atoms with van der Waals surface area (Å²) in [5, 5.41) is 13.4. The number of nitrogens with one attached hydrogen (secondary N) is 1. The molecule has 3 rings (SSSR count). The monoisotopic (exact) mass is 400 g/mol. The van der Waals surface area contributed by atoms with Crippen molar-refractivity contribution in [1.29, 1.82) is 0 Å². The number of aryl methyl sites for hydroxylation is 1. The van der Waals surface area contributed by atoms with Gasteiger partial charge in [0.2, 0.25) is 0 Å². The molecule has 0 aliphatic heterocycles. The fraction of sp³-hybridized carbons (Fsp3) is 0.105. The lowest BCUT2D eigenvalue weighted by Crippen LogP contribution is -2.12. The number of sulfone groups is 1. The van der Waals surface area contributed by atoms with Crippen molar-refractivity contribution in [2.45, 2.75) is 17.6 Å². The fourth-order valence-corrected chi connectivity index (χ4v) is 3.79. The van der Waals surface area contributed by atoms with Gasteiger partial charge in [0.05, 0.1) is 15.5 Å². The van der Waals surface area contributed by atoms with E-state index in [9.17, 15) is 23.3 Å². The molecule has 144 valence electrons. The molecule has 0 saturated heterocycles. The van der Waals surface area contributed by atoms with Crippen LogP contribution in [0.1, 0.15) is 21.9 Å². The van der Waals surface area contributed by atoms with E-state index in [4.69, 9.17) is 4.42 Å². The highest BCUT2D eigenvalue weighted by atomic mass is 32.2. The third kappa shape index (κ3) is 4.26. The van der Waals surface area contributed by atoms with Crippen LogP contribution in [0, 0.1) is 17.0 Å². The molecule has 3 aromatic rings. The highest BCUT2D eigenvalue weighted by Crippen LogP contribution is 2.23. The molecule has 0 spiro atoms. The summed E-state index contributed by atoms with van der Waals surface area (Å²) >= 11 is 0. The molecule has 1 N–H and O–H groups in total. The molecule has 0 aliphatic carbocycles. The Morgan fingerprint density at radius 2 is 1.82 bits per heavy atom. The summed E-state index contributed by atoms with van der Waals surface area (Å²) in [6.07, 6.45) is 0. The van der Waals surface area contributed by atoms with E-state index in [1.807, 2.05) is 0 Å². The van der Waals surface area contributed by atoms with Crippen LogP contribution < -0.4 is 5.32 Å². The molecule has 0 bridgehead atoms. The van der Waals surface area contributed by atoms with Crippen LogP contribution in [0.4, 0.5) is 11.4 Å². The lowest BCUT2D eigenvalue weighted by Gasteiger charge is -2.07. The maximum atomic E-state index is 12.4. The molecule has 0 saturated carbocycles. The molecule has 0 aliphatic rings. The van der Waals surface area contributed by atoms with E-state index in [0.29, 0.717) is 5.56 Å². The molecule has 8 nitrogen and oxygen atoms in total. The van der Waals surface area contributed by atoms with Crippen molar-refractivity contribution in [3.63, 3.8) is 0 Å². The first-order valence-electron chi connectivity index (χ1n) is 8.19. The molecule has 1 heterocycles. The van der Waals surface area contributed by atoms with Gasteiger partial charge >= 0.3 is 0 Å². The van der Waals surface area contributed by atoms with Crippen LogP contribution in [0.5, 0.6) is 0 Å². The molecular formula is C19H16N2O6S. The molecule has 1 aromatic heterocycles. The second-order valence-electron chi connectivity index (χ2n) is 6.05. The number of benzene rings is 2. The first-order chi connectivity index (χ1) is 13.3. The van der Waals surface area contributed by atoms with E-state index < -0.39 is 20.7 Å². The van der Waals surface area contributed by atoms with Crippen LogP contribution in [-0.2, 0) is 15.6 Å². The summed E-state index contributed by atoms with van der Waals surface area (Å²) in [5.74, 6) is -0.999. The van der Waals surface area contributed by atoms with Crippen molar-refractivity contribution in [3.8, 4) is 0 Å². The summed E-state index contributed by atoms with van der Waals surface area (Å²) in [6.45, 7) is 1.69. The van der Waals surface area contributed by atoms with Gasteiger partial charge in [-0.05, 0) is 36.8 Å². The number of hydrogen-bond acceptors (Lipinski definition) is 6. The van der Waals surface area contributed by atoms with E-state index in [0.717, 1.165) is 0 Å². The van der Waals surface area contributed by atoms with Gasteiger partial charge < -0.3 is 9.73 Å². The van der Waals surface area contributed by atoms with E-state index in [2.05, 4.69) is 5.32 Å². The van der Waals surface area contributed by atoms with Gasteiger partial charge in [0.1, 0.15) is 11.5 Å². The zero-order chi connectivity index (χ0) is 20.3. The zero-order valence-electron chi connectivity index (χ0n) is 14.8. The quantitative estimate of drug-likeness (QED) is 0.497. The first kappa shape index (κ1) is 19.3. The van der Waals surface area contributed by atoms with Gasteiger partial charge in [0.25, 0.3) is 11.6 Å². The Kier molecular flexibility index (Phi) is 5.27. The molecule has 0 fully saturated rings. The van der Waals surface area contributed by atoms with Crippen molar-refractivity contribution in [2.75, 3.05) is 5.32 Å². The van der Waals surface area contributed by atoms with Crippen LogP contribution in [0.3, 0.4) is 0 Å². The molecule has 0 atom stereocenters. The van der Waals surface area contributed by atoms with Gasteiger partial charge in [-0.25, -0.2) is 8.42 Å². The Labute approximate surface area is 160 Å². The van der Waals surface area contributed by atoms with E-state index in [1.165, 1.54) is 42.5 Å². The smallest absolute Gasteiger partial charge is 0.291 e. The maximum Gasteiger partial charge on any atom is 0.291 e. The summed E-state index contributed by atoms with van der Waals surface area (Å²) in [7, 11) is -3.61. The standard InChI is InChI=1S/C19H16N2O6S/c1-13-7-8-14(21(23)24)11-17(13)20-19(22)18-10-9-15(27-18)12-28(25,26)16-5-3-2-4-6-16/h2-11H,12H2,1H3,(H,20,22). The Morgan fingerprint density at radius 3 is 2.50 bits per heavy atom. The molecular weight excluding hydrogens is 384 g/mol. The number of nitro benzene ring substituents is 1. The van der Waals surface area contributed by atoms with Crippen LogP contribution in [0.15, 0.2) is 70.0 Å². The average Bonchev–Trinajstić information content (AvgIpc) is 3.12. The average molecular weight is 400 g/mol. The number of carbonyl (C=O) groups excluding carboxylic acids is 1. The summed E-state index contributed by atoms with van der Waals surface area (Å²) in [5.41, 5.74) is 0.751. The summed E-state index contributed by atoms with van der Waals surface area (Å²) in [6, 6.07) is 14.8. The van der Waals surface area contributed by atoms with Crippen molar-refractivity contribution in [2.24, 2.45) is 0 Å². The van der Waals surface area contributed by atoms with Gasteiger partial charge in [-0.15, -0.1) is 0 Å². The van der Waals surface area contributed by atoms with Crippen molar-refractivity contribution < 1.29 is 22.6 Å². The first-order valence-corrected chi connectivity index (χ1v) is 9.84. The van der Waals surface area contributed by atoms with E-state index >= 15 is 0 Å². The van der Waals surface area contributed by atoms with E-state index in [-0.39, 0.29) is 33.5 Å². The zero-order valence-corrected chi connectivity index (χ0v) is 15.6. The van der Waals surface area contributed by atoms with Gasteiger partial charge in [-0.2, -0.15) is 0 Å². The molecule has 2 aromatic carbocycles. The van der Waals surface area contributed by atoms with Crippen LogP contribution in [0.2, 0.25) is 0 Å². The minimum absolute atomic E-state index is 0.0934. The van der Waals surface area contributed by atoms with E-state index in [1.54, 1.807) is 25.1 Å². The van der Waals surface area contributed by atoms with Gasteiger partial charge in [0.15, 0.2) is 15.6 Å². The number of anilines is 1. The predicted octanol–water partition coefficient (Wildman–Crippen LogP) is 3.72. The Hall–Kier alpha value is -3.46. The Balaban J connectivity index is 1.76. The number of hydrogen-bond donors (Lipinski definition) is 1. The van der Waals surface area contributed by atoms with Crippen LogP contribution >= 0.6 is 0 Å². The fourth-order valence-electron chi connectivity index (χ4n) is 2.52. The number of furan rings is 1. The van der Waals surface area contributed by atoms with Crippen LogP contribution in [0.25, 0.3) is 0 Å². The number of amides is 1. The topological polar surface area (TPSA) is 120 Å². The predicted molar refractivity (Wildman–Crippen MR) is 102 cm³/mol. The van der Waals surface area contributed by atoms with Gasteiger partial charge in [-0.1, -0.05) is 24.3 Å². The van der Waals surface area contributed by atoms with Crippen molar-refractivity contribution >= 4 is 27.1 Å². The number of nitrogens with zero attached hydrogens (tertiary/aromatic N) is 1. The molecule has 28 heavy (non-hydrogen) atoms. The number of nitro groups is 1. The largest absolute Gasteiger partial charge is 0.455 e. The number of non-ortho nitro benzene ring substituents is 1. The molecule has 1 amide bonds. The highest BCUT2D eigenvalue weighted by molar-refractivity contribution is 7.90. The molecule has 9 heteroatoms. The van der Waals surface area contributed by atoms with Crippen molar-refractivity contribution in [1.82, 2.24) is 0 Å². The number of rotatable bonds is 6. The van der Waals surface area contributed by atoms with Crippen molar-refractivity contribution in [3.05, 3.63) is 87.9 Å². The Bertz CT molecular complexity index is 1140. The molecule has 0 radical (unpaired) electrons. The minimum Gasteiger partial charge on any atom is -0.455 e. The molecule has 0 unspecified atom stereocenters. The van der Waals surface area contributed by atoms with Crippen LogP contribution in [-0.4, -0.2) is 19.2 Å². The minimum atomic E-state index is -3.61. The van der Waals surface area contributed by atoms with Gasteiger partial charge in [-0.3, -0.25) is 14.9 Å². The summed E-state index contributed by atoms with van der Waals surface area (Å²) < 4.78 is 30.2. The maximum absolute atomic E-state index is 12.4. The third-order valence-corrected chi connectivity index (χ3v) is 5.66. The highest BCUT2D eigenvalue weighted by Gasteiger charge is 2.20. The second-order valence-corrected chi connectivity index (χ2v) is 8.04. The number of carbonyl (C=O) groups is 1. The lowest BCUT2D eigenvalue weighted by atomic mass is 10.2. The normalized spacial score (nSPS) is 11.2. The third-order valence-electron chi connectivity index (χ3n) is 4.00. The van der Waals surface area contributed by atoms with Gasteiger partial charge in [0, 0.05) is 12.1 Å². The summed E-state index contributed by atoms with van der Waals surface area (Å²) in [4.78, 5) is 22.9. The second kappa shape index (κ2) is 7.65. The SMILES string of the molecule is Cc1ccc([N+](=O)[O-])cc1NC(=O)c1ccc(CS(=O)(=O)c2ccccc2)o1.